The minimum atomic E-state index is -1.44. The number of halogens is 5. The summed E-state index contributed by atoms with van der Waals surface area (Å²) >= 11 is 0. The van der Waals surface area contributed by atoms with Crippen LogP contribution in [0.25, 0.3) is 0 Å². The van der Waals surface area contributed by atoms with Gasteiger partial charge >= 0.3 is 0 Å². The molecule has 0 N–H and O–H groups in total. The van der Waals surface area contributed by atoms with Crippen molar-refractivity contribution in [3.8, 4) is 11.8 Å². The summed E-state index contributed by atoms with van der Waals surface area (Å²) in [5.74, 6) is 1.19. The Morgan fingerprint density at radius 1 is 0.767 bits per heavy atom. The van der Waals surface area contributed by atoms with Crippen LogP contribution in [0, 0.1) is 52.8 Å². The van der Waals surface area contributed by atoms with Crippen molar-refractivity contribution >= 4 is 0 Å². The van der Waals surface area contributed by atoms with Gasteiger partial charge in [-0.05, 0) is 86.3 Å². The molecule has 1 aliphatic carbocycles. The molecule has 0 saturated heterocycles. The molecule has 160 valence electrons. The predicted octanol–water partition coefficient (Wildman–Crippen LogP) is 7.13. The van der Waals surface area contributed by atoms with E-state index in [1.807, 2.05) is 6.92 Å². The lowest BCUT2D eigenvalue weighted by molar-refractivity contribution is 0.301. The van der Waals surface area contributed by atoms with Crippen LogP contribution in [0.1, 0.15) is 62.1 Å². The zero-order chi connectivity index (χ0) is 21.7. The maximum atomic E-state index is 14.2. The minimum absolute atomic E-state index is 0.0797. The third-order valence-corrected chi connectivity index (χ3v) is 5.77. The van der Waals surface area contributed by atoms with Crippen LogP contribution in [-0.4, -0.2) is 0 Å². The first kappa shape index (κ1) is 22.3. The average molecular weight is 420 g/mol. The van der Waals surface area contributed by atoms with Gasteiger partial charge in [-0.25, -0.2) is 22.0 Å². The lowest BCUT2D eigenvalue weighted by Crippen LogP contribution is -2.14. The van der Waals surface area contributed by atoms with Gasteiger partial charge in [0.1, 0.15) is 11.6 Å². The summed E-state index contributed by atoms with van der Waals surface area (Å²) in [6.07, 6.45) is 6.11. The van der Waals surface area contributed by atoms with Gasteiger partial charge < -0.3 is 0 Å². The highest BCUT2D eigenvalue weighted by molar-refractivity contribution is 5.39. The van der Waals surface area contributed by atoms with E-state index in [-0.39, 0.29) is 11.5 Å². The van der Waals surface area contributed by atoms with Gasteiger partial charge in [0.2, 0.25) is 0 Å². The summed E-state index contributed by atoms with van der Waals surface area (Å²) in [5.41, 5.74) is 0.919. The van der Waals surface area contributed by atoms with Crippen LogP contribution in [0.15, 0.2) is 24.3 Å². The molecule has 3 rings (SSSR count). The Balaban J connectivity index is 1.53. The molecule has 0 heterocycles. The van der Waals surface area contributed by atoms with Crippen LogP contribution in [-0.2, 0) is 12.8 Å². The molecule has 1 fully saturated rings. The van der Waals surface area contributed by atoms with Crippen LogP contribution in [0.3, 0.4) is 0 Å². The molecule has 0 amide bonds. The Morgan fingerprint density at radius 2 is 1.30 bits per heavy atom. The predicted molar refractivity (Wildman–Crippen MR) is 107 cm³/mol. The molecule has 2 aromatic carbocycles. The van der Waals surface area contributed by atoms with E-state index in [0.717, 1.165) is 50.7 Å². The molecule has 5 heteroatoms. The first-order valence-electron chi connectivity index (χ1n) is 10.5. The van der Waals surface area contributed by atoms with Crippen molar-refractivity contribution in [3.63, 3.8) is 0 Å². The number of hydrogen-bond acceptors (Lipinski definition) is 0. The van der Waals surface area contributed by atoms with Crippen molar-refractivity contribution in [2.75, 3.05) is 0 Å². The van der Waals surface area contributed by atoms with E-state index in [1.54, 1.807) is 0 Å². The van der Waals surface area contributed by atoms with Gasteiger partial charge in [0.15, 0.2) is 17.5 Å². The molecular weight excluding hydrogens is 395 g/mol. The molecule has 0 radical (unpaired) electrons. The quantitative estimate of drug-likeness (QED) is 0.274. The van der Waals surface area contributed by atoms with Crippen molar-refractivity contribution in [2.24, 2.45) is 11.8 Å². The lowest BCUT2D eigenvalue weighted by Gasteiger charge is -2.25. The van der Waals surface area contributed by atoms with Gasteiger partial charge in [-0.3, -0.25) is 0 Å². The molecule has 0 spiro atoms. The molecule has 1 saturated carbocycles. The standard InChI is InChI=1S/C25H25F5/c1-2-3-18-12-21(26)20(22(27)13-18)11-10-17-6-4-16(5-7-17)8-9-19-14-23(28)25(30)24(29)15-19/h12-17H,2-9H2,1H3/t16-,17-. The van der Waals surface area contributed by atoms with E-state index in [1.165, 1.54) is 12.1 Å². The molecule has 2 aromatic rings. The molecule has 0 bridgehead atoms. The monoisotopic (exact) mass is 420 g/mol. The fourth-order valence-electron chi connectivity index (χ4n) is 4.07. The minimum Gasteiger partial charge on any atom is -0.206 e. The first-order chi connectivity index (χ1) is 14.4. The van der Waals surface area contributed by atoms with Crippen LogP contribution >= 0.6 is 0 Å². The van der Waals surface area contributed by atoms with E-state index in [9.17, 15) is 22.0 Å². The number of rotatable bonds is 5. The van der Waals surface area contributed by atoms with E-state index < -0.39 is 29.1 Å². The molecule has 0 atom stereocenters. The van der Waals surface area contributed by atoms with Gasteiger partial charge in [0.05, 0.1) is 5.56 Å². The highest BCUT2D eigenvalue weighted by Crippen LogP contribution is 2.32. The van der Waals surface area contributed by atoms with Crippen molar-refractivity contribution in [1.29, 1.82) is 0 Å². The van der Waals surface area contributed by atoms with Gasteiger partial charge in [0, 0.05) is 5.92 Å². The van der Waals surface area contributed by atoms with Crippen molar-refractivity contribution < 1.29 is 22.0 Å². The van der Waals surface area contributed by atoms with Gasteiger partial charge in [-0.1, -0.05) is 25.2 Å². The Kier molecular flexibility index (Phi) is 7.53. The van der Waals surface area contributed by atoms with Crippen LogP contribution in [0.4, 0.5) is 22.0 Å². The first-order valence-corrected chi connectivity index (χ1v) is 10.5. The van der Waals surface area contributed by atoms with Gasteiger partial charge in [-0.15, -0.1) is 0 Å². The summed E-state index contributed by atoms with van der Waals surface area (Å²) < 4.78 is 68.0. The average Bonchev–Trinajstić information content (AvgIpc) is 2.71. The second kappa shape index (κ2) is 10.1. The van der Waals surface area contributed by atoms with Crippen molar-refractivity contribution in [1.82, 2.24) is 0 Å². The zero-order valence-electron chi connectivity index (χ0n) is 17.0. The molecule has 0 nitrogen and oxygen atoms in total. The van der Waals surface area contributed by atoms with Crippen molar-refractivity contribution in [3.05, 3.63) is 70.0 Å². The van der Waals surface area contributed by atoms with E-state index in [2.05, 4.69) is 11.8 Å². The van der Waals surface area contributed by atoms with E-state index in [0.29, 0.717) is 29.9 Å². The largest absolute Gasteiger partial charge is 0.206 e. The Hall–Kier alpha value is -2.35. The topological polar surface area (TPSA) is 0 Å². The number of hydrogen-bond donors (Lipinski definition) is 0. The fraction of sp³-hybridized carbons (Fsp3) is 0.440. The number of aryl methyl sites for hydroxylation is 2. The van der Waals surface area contributed by atoms with Crippen molar-refractivity contribution in [2.45, 2.75) is 58.3 Å². The number of benzene rings is 2. The molecule has 30 heavy (non-hydrogen) atoms. The molecule has 0 unspecified atom stereocenters. The van der Waals surface area contributed by atoms with E-state index >= 15 is 0 Å². The molecule has 1 aliphatic rings. The summed E-state index contributed by atoms with van der Waals surface area (Å²) in [6, 6.07) is 4.80. The summed E-state index contributed by atoms with van der Waals surface area (Å²) in [6.45, 7) is 1.95. The van der Waals surface area contributed by atoms with Crippen LogP contribution < -0.4 is 0 Å². The highest BCUT2D eigenvalue weighted by Gasteiger charge is 2.20. The van der Waals surface area contributed by atoms with Crippen LogP contribution in [0.2, 0.25) is 0 Å². The Morgan fingerprint density at radius 3 is 1.87 bits per heavy atom. The fourth-order valence-corrected chi connectivity index (χ4v) is 4.07. The second-order valence-corrected chi connectivity index (χ2v) is 8.08. The molecular formula is C25H25F5. The maximum absolute atomic E-state index is 14.2. The second-order valence-electron chi connectivity index (χ2n) is 8.08. The van der Waals surface area contributed by atoms with Gasteiger partial charge in [0.25, 0.3) is 0 Å². The zero-order valence-corrected chi connectivity index (χ0v) is 17.0. The lowest BCUT2D eigenvalue weighted by atomic mass is 9.79. The Bertz CT molecular complexity index is 900. The molecule has 0 aromatic heterocycles. The Labute approximate surface area is 174 Å². The third-order valence-electron chi connectivity index (χ3n) is 5.77. The normalized spacial score (nSPS) is 18.7. The maximum Gasteiger partial charge on any atom is 0.194 e. The molecule has 0 aliphatic heterocycles. The van der Waals surface area contributed by atoms with Gasteiger partial charge in [-0.2, -0.15) is 0 Å². The van der Waals surface area contributed by atoms with E-state index in [4.69, 9.17) is 0 Å². The summed E-state index contributed by atoms with van der Waals surface area (Å²) in [5, 5.41) is 0. The van der Waals surface area contributed by atoms with Crippen LogP contribution in [0.5, 0.6) is 0 Å². The highest BCUT2D eigenvalue weighted by atomic mass is 19.2. The smallest absolute Gasteiger partial charge is 0.194 e. The summed E-state index contributed by atoms with van der Waals surface area (Å²) in [4.78, 5) is 0. The third kappa shape index (κ3) is 5.62. The summed E-state index contributed by atoms with van der Waals surface area (Å²) in [7, 11) is 0. The SMILES string of the molecule is CCCc1cc(F)c(C#C[C@H]2CC[C@H](CCc3cc(F)c(F)c(F)c3)CC2)c(F)c1.